The largest absolute Gasteiger partial charge is 0.478 e. The molecule has 0 fully saturated rings. The van der Waals surface area contributed by atoms with Gasteiger partial charge in [0.25, 0.3) is 5.92 Å². The number of aromatic nitrogens is 2. The summed E-state index contributed by atoms with van der Waals surface area (Å²) >= 11 is 0. The van der Waals surface area contributed by atoms with Crippen molar-refractivity contribution in [3.63, 3.8) is 0 Å². The van der Waals surface area contributed by atoms with Gasteiger partial charge in [0.2, 0.25) is 0 Å². The number of aromatic carboxylic acids is 1. The van der Waals surface area contributed by atoms with E-state index in [0.717, 1.165) is 12.3 Å². The van der Waals surface area contributed by atoms with Gasteiger partial charge in [-0.2, -0.15) is 5.10 Å². The summed E-state index contributed by atoms with van der Waals surface area (Å²) in [6.07, 6.45) is 1.14. The molecule has 88 valence electrons. The van der Waals surface area contributed by atoms with E-state index in [-0.39, 0.29) is 11.4 Å². The Labute approximate surface area is 88.9 Å². The van der Waals surface area contributed by atoms with Crippen LogP contribution in [0.25, 0.3) is 0 Å². The third-order valence-corrected chi connectivity index (χ3v) is 1.70. The number of carboxylic acid groups (broad SMARTS) is 1. The van der Waals surface area contributed by atoms with Crippen LogP contribution in [0.4, 0.5) is 14.6 Å². The van der Waals surface area contributed by atoms with E-state index in [0.29, 0.717) is 0 Å². The molecule has 0 saturated heterocycles. The topological polar surface area (TPSA) is 95.3 Å². The number of anilines is 1. The zero-order valence-electron chi connectivity index (χ0n) is 8.02. The van der Waals surface area contributed by atoms with Crippen LogP contribution in [0.2, 0.25) is 0 Å². The minimum Gasteiger partial charge on any atom is -0.478 e. The molecule has 0 aliphatic rings. The van der Waals surface area contributed by atoms with E-state index in [9.17, 15) is 13.6 Å². The van der Waals surface area contributed by atoms with Crippen LogP contribution < -0.4 is 5.32 Å². The second-order valence-corrected chi connectivity index (χ2v) is 2.97. The van der Waals surface area contributed by atoms with Crippen LogP contribution in [-0.4, -0.2) is 45.5 Å². The molecule has 0 aromatic carbocycles. The number of rotatable bonds is 5. The minimum absolute atomic E-state index is 0.260. The summed E-state index contributed by atoms with van der Waals surface area (Å²) in [5.74, 6) is -4.90. The molecule has 1 aromatic heterocycles. The van der Waals surface area contributed by atoms with E-state index < -0.39 is 25.0 Å². The minimum atomic E-state index is -3.34. The average molecular weight is 233 g/mol. The smallest absolute Gasteiger partial charge is 0.339 e. The molecule has 0 amide bonds. The van der Waals surface area contributed by atoms with Crippen LogP contribution in [0.1, 0.15) is 10.4 Å². The lowest BCUT2D eigenvalue weighted by atomic mass is 10.2. The van der Waals surface area contributed by atoms with Gasteiger partial charge in [-0.15, -0.1) is 5.10 Å². The molecule has 1 heterocycles. The SMILES string of the molecule is O=C(O)c1ccnnc1NCC(F)(F)CO. The monoisotopic (exact) mass is 233 g/mol. The lowest BCUT2D eigenvalue weighted by molar-refractivity contribution is -0.0373. The van der Waals surface area contributed by atoms with Gasteiger partial charge >= 0.3 is 5.97 Å². The van der Waals surface area contributed by atoms with Gasteiger partial charge in [-0.3, -0.25) is 0 Å². The number of hydrogen-bond acceptors (Lipinski definition) is 5. The molecule has 0 bridgehead atoms. The van der Waals surface area contributed by atoms with E-state index in [1.807, 2.05) is 0 Å². The highest BCUT2D eigenvalue weighted by atomic mass is 19.3. The standard InChI is InChI=1S/C8H9F2N3O3/c9-8(10,4-14)3-11-6-5(7(15)16)1-2-12-13-6/h1-2,14H,3-4H2,(H,11,13)(H,15,16). The molecule has 8 heteroatoms. The van der Waals surface area contributed by atoms with Crippen LogP contribution in [0.5, 0.6) is 0 Å². The molecule has 1 rings (SSSR count). The molecule has 16 heavy (non-hydrogen) atoms. The lowest BCUT2D eigenvalue weighted by Crippen LogP contribution is -2.31. The van der Waals surface area contributed by atoms with Crippen molar-refractivity contribution in [2.45, 2.75) is 5.92 Å². The molecular weight excluding hydrogens is 224 g/mol. The maximum absolute atomic E-state index is 12.7. The number of carbonyl (C=O) groups is 1. The first kappa shape index (κ1) is 12.2. The second kappa shape index (κ2) is 4.79. The molecular formula is C8H9F2N3O3. The Bertz CT molecular complexity index is 387. The van der Waals surface area contributed by atoms with Crippen molar-refractivity contribution in [2.75, 3.05) is 18.5 Å². The zero-order chi connectivity index (χ0) is 12.2. The number of aliphatic hydroxyl groups is 1. The van der Waals surface area contributed by atoms with E-state index >= 15 is 0 Å². The van der Waals surface area contributed by atoms with E-state index in [4.69, 9.17) is 10.2 Å². The molecule has 1 aromatic rings. The van der Waals surface area contributed by atoms with Gasteiger partial charge in [0.1, 0.15) is 12.2 Å². The predicted octanol–water partition coefficient (Wildman–Crippen LogP) is 0.214. The summed E-state index contributed by atoms with van der Waals surface area (Å²) in [4.78, 5) is 10.7. The maximum atomic E-state index is 12.7. The van der Waals surface area contributed by atoms with E-state index in [1.54, 1.807) is 0 Å². The Morgan fingerprint density at radius 2 is 2.25 bits per heavy atom. The van der Waals surface area contributed by atoms with Crippen molar-refractivity contribution in [3.8, 4) is 0 Å². The van der Waals surface area contributed by atoms with Crippen molar-refractivity contribution < 1.29 is 23.8 Å². The Morgan fingerprint density at radius 3 is 2.81 bits per heavy atom. The van der Waals surface area contributed by atoms with Gasteiger partial charge in [-0.1, -0.05) is 0 Å². The fraction of sp³-hybridized carbons (Fsp3) is 0.375. The number of aliphatic hydroxyl groups excluding tert-OH is 1. The van der Waals surface area contributed by atoms with E-state index in [1.165, 1.54) is 0 Å². The third-order valence-electron chi connectivity index (χ3n) is 1.70. The van der Waals surface area contributed by atoms with Gasteiger partial charge in [-0.25, -0.2) is 13.6 Å². The van der Waals surface area contributed by atoms with Crippen molar-refractivity contribution in [1.82, 2.24) is 10.2 Å². The first-order valence-corrected chi connectivity index (χ1v) is 4.24. The molecule has 6 nitrogen and oxygen atoms in total. The van der Waals surface area contributed by atoms with Gasteiger partial charge in [-0.05, 0) is 6.07 Å². The summed E-state index contributed by atoms with van der Waals surface area (Å²) in [6.45, 7) is -2.24. The normalized spacial score (nSPS) is 11.2. The van der Waals surface area contributed by atoms with Gasteiger partial charge in [0, 0.05) is 0 Å². The summed E-state index contributed by atoms with van der Waals surface area (Å²) < 4.78 is 25.3. The Kier molecular flexibility index (Phi) is 3.67. The Morgan fingerprint density at radius 1 is 1.56 bits per heavy atom. The van der Waals surface area contributed by atoms with Crippen molar-refractivity contribution in [1.29, 1.82) is 0 Å². The van der Waals surface area contributed by atoms with Gasteiger partial charge in [0.05, 0.1) is 12.7 Å². The first-order chi connectivity index (χ1) is 7.46. The highest BCUT2D eigenvalue weighted by Crippen LogP contribution is 2.15. The number of halogens is 2. The Balaban J connectivity index is 2.78. The molecule has 0 spiro atoms. The highest BCUT2D eigenvalue weighted by Gasteiger charge is 2.28. The molecule has 3 N–H and O–H groups in total. The predicted molar refractivity (Wildman–Crippen MR) is 49.5 cm³/mol. The summed E-state index contributed by atoms with van der Waals surface area (Å²) in [5.41, 5.74) is -0.260. The zero-order valence-corrected chi connectivity index (χ0v) is 8.02. The second-order valence-electron chi connectivity index (χ2n) is 2.97. The van der Waals surface area contributed by atoms with Gasteiger partial charge < -0.3 is 15.5 Å². The number of carboxylic acids is 1. The molecule has 0 radical (unpaired) electrons. The average Bonchev–Trinajstić information content (AvgIpc) is 2.27. The van der Waals surface area contributed by atoms with Crippen LogP contribution in [0, 0.1) is 0 Å². The van der Waals surface area contributed by atoms with Gasteiger partial charge in [0.15, 0.2) is 5.82 Å². The summed E-state index contributed by atoms with van der Waals surface area (Å²) in [5, 5.41) is 25.9. The lowest BCUT2D eigenvalue weighted by Gasteiger charge is -2.14. The number of alkyl halides is 2. The third kappa shape index (κ3) is 3.09. The maximum Gasteiger partial charge on any atom is 0.339 e. The van der Waals surface area contributed by atoms with Crippen molar-refractivity contribution in [3.05, 3.63) is 17.8 Å². The fourth-order valence-corrected chi connectivity index (χ4v) is 0.904. The number of nitrogens with one attached hydrogen (secondary N) is 1. The van der Waals surface area contributed by atoms with Crippen molar-refractivity contribution >= 4 is 11.8 Å². The fourth-order valence-electron chi connectivity index (χ4n) is 0.904. The summed E-state index contributed by atoms with van der Waals surface area (Å²) in [7, 11) is 0. The van der Waals surface area contributed by atoms with Crippen LogP contribution in [0.15, 0.2) is 12.3 Å². The van der Waals surface area contributed by atoms with Crippen molar-refractivity contribution in [2.24, 2.45) is 0 Å². The molecule has 0 aliphatic carbocycles. The molecule has 0 unspecified atom stereocenters. The number of nitrogens with zero attached hydrogens (tertiary/aromatic N) is 2. The van der Waals surface area contributed by atoms with Crippen LogP contribution in [-0.2, 0) is 0 Å². The quantitative estimate of drug-likeness (QED) is 0.673. The van der Waals surface area contributed by atoms with Crippen LogP contribution >= 0.6 is 0 Å². The highest BCUT2D eigenvalue weighted by molar-refractivity contribution is 5.92. The number of hydrogen-bond donors (Lipinski definition) is 3. The summed E-state index contributed by atoms with van der Waals surface area (Å²) in [6, 6.07) is 1.13. The van der Waals surface area contributed by atoms with E-state index in [2.05, 4.69) is 15.5 Å². The molecule has 0 aliphatic heterocycles. The van der Waals surface area contributed by atoms with Crippen LogP contribution in [0.3, 0.4) is 0 Å². The molecule has 0 saturated carbocycles. The first-order valence-electron chi connectivity index (χ1n) is 4.24. The molecule has 0 atom stereocenters. The Hall–Kier alpha value is -1.83.